The van der Waals surface area contributed by atoms with Crippen LogP contribution in [-0.2, 0) is 16.6 Å². The molecule has 0 spiro atoms. The van der Waals surface area contributed by atoms with Crippen molar-refractivity contribution in [2.75, 3.05) is 11.4 Å². The molecule has 3 aromatic rings. The van der Waals surface area contributed by atoms with Gasteiger partial charge in [0.15, 0.2) is 0 Å². The Morgan fingerprint density at radius 3 is 2.34 bits per heavy atom. The number of hydrogen-bond acceptors (Lipinski definition) is 4. The number of amides is 1. The van der Waals surface area contributed by atoms with Gasteiger partial charge in [-0.05, 0) is 35.9 Å². The lowest BCUT2D eigenvalue weighted by Crippen LogP contribution is -2.31. The number of sulfonamides is 1. The van der Waals surface area contributed by atoms with Gasteiger partial charge in [-0.3, -0.25) is 9.10 Å². The monoisotopic (exact) mass is 430 g/mol. The third kappa shape index (κ3) is 4.36. The average Bonchev–Trinajstić information content (AvgIpc) is 2.72. The minimum absolute atomic E-state index is 0.0111. The Bertz CT molecular complexity index is 1130. The molecule has 0 fully saturated rings. The zero-order valence-electron chi connectivity index (χ0n) is 15.6. The first-order chi connectivity index (χ1) is 13.8. The van der Waals surface area contributed by atoms with Crippen molar-refractivity contribution < 1.29 is 17.9 Å². The fourth-order valence-electron chi connectivity index (χ4n) is 2.86. The molecule has 6 nitrogen and oxygen atoms in total. The minimum Gasteiger partial charge on any atom is -0.495 e. The molecular weight excluding hydrogens is 412 g/mol. The number of rotatable bonds is 7. The lowest BCUT2D eigenvalue weighted by molar-refractivity contribution is 0.1000. The van der Waals surface area contributed by atoms with Crippen molar-refractivity contribution in [3.05, 3.63) is 88.9 Å². The third-order valence-electron chi connectivity index (χ3n) is 4.31. The number of benzene rings is 3. The summed E-state index contributed by atoms with van der Waals surface area (Å²) in [7, 11) is -2.69. The number of methoxy groups -OCH3 is 1. The number of para-hydroxylation sites is 2. The van der Waals surface area contributed by atoms with Crippen LogP contribution < -0.4 is 14.8 Å². The van der Waals surface area contributed by atoms with Crippen LogP contribution in [0.3, 0.4) is 0 Å². The number of nitrogens with zero attached hydrogens (tertiary/aromatic N) is 1. The molecule has 0 aliphatic heterocycles. The topological polar surface area (TPSA) is 89.7 Å². The molecule has 3 aromatic carbocycles. The van der Waals surface area contributed by atoms with E-state index in [2.05, 4.69) is 0 Å². The van der Waals surface area contributed by atoms with Gasteiger partial charge in [-0.15, -0.1) is 0 Å². The Morgan fingerprint density at radius 2 is 1.69 bits per heavy atom. The van der Waals surface area contributed by atoms with Crippen molar-refractivity contribution in [1.29, 1.82) is 0 Å². The summed E-state index contributed by atoms with van der Waals surface area (Å²) in [6.45, 7) is 0.0423. The van der Waals surface area contributed by atoms with E-state index in [9.17, 15) is 13.2 Å². The minimum atomic E-state index is -4.16. The molecule has 0 bridgehead atoms. The maximum Gasteiger partial charge on any atom is 0.266 e. The maximum absolute atomic E-state index is 13.6. The molecule has 3 rings (SSSR count). The van der Waals surface area contributed by atoms with Crippen LogP contribution in [0.25, 0.3) is 0 Å². The first-order valence-corrected chi connectivity index (χ1v) is 10.5. The van der Waals surface area contributed by atoms with E-state index < -0.39 is 15.9 Å². The van der Waals surface area contributed by atoms with E-state index in [-0.39, 0.29) is 22.0 Å². The lowest BCUT2D eigenvalue weighted by atomic mass is 10.2. The predicted molar refractivity (Wildman–Crippen MR) is 113 cm³/mol. The van der Waals surface area contributed by atoms with Gasteiger partial charge in [-0.2, -0.15) is 0 Å². The molecular formula is C21H19ClN2O4S. The number of nitrogens with two attached hydrogens (primary N) is 1. The Labute approximate surface area is 174 Å². The third-order valence-corrected chi connectivity index (χ3v) is 6.55. The fraction of sp³-hybridized carbons (Fsp3) is 0.0952. The summed E-state index contributed by atoms with van der Waals surface area (Å²) in [5.41, 5.74) is 6.49. The van der Waals surface area contributed by atoms with Gasteiger partial charge in [0.1, 0.15) is 10.6 Å². The summed E-state index contributed by atoms with van der Waals surface area (Å²) < 4.78 is 33.8. The first kappa shape index (κ1) is 20.7. The quantitative estimate of drug-likeness (QED) is 0.616. The normalized spacial score (nSPS) is 11.1. The summed E-state index contributed by atoms with van der Waals surface area (Å²) >= 11 is 6.20. The van der Waals surface area contributed by atoms with Gasteiger partial charge < -0.3 is 10.5 Å². The van der Waals surface area contributed by atoms with Gasteiger partial charge in [0.25, 0.3) is 10.0 Å². The Kier molecular flexibility index (Phi) is 6.10. The molecule has 0 aliphatic rings. The summed E-state index contributed by atoms with van der Waals surface area (Å²) in [6, 6.07) is 19.8. The van der Waals surface area contributed by atoms with Gasteiger partial charge in [-0.1, -0.05) is 54.1 Å². The standard InChI is InChI=1S/C21H19ClN2O4S/c1-28-19-10-6-5-9-18(19)24(14-15-7-3-2-4-8-15)29(26,27)20-13-16(21(23)25)11-12-17(20)22/h2-13H,14H2,1H3,(H2,23,25). The highest BCUT2D eigenvalue weighted by Gasteiger charge is 2.30. The van der Waals surface area contributed by atoms with Crippen molar-refractivity contribution in [2.45, 2.75) is 11.4 Å². The van der Waals surface area contributed by atoms with Crippen molar-refractivity contribution >= 4 is 33.2 Å². The first-order valence-electron chi connectivity index (χ1n) is 8.63. The largest absolute Gasteiger partial charge is 0.495 e. The predicted octanol–water partition coefficient (Wildman–Crippen LogP) is 3.84. The summed E-state index contributed by atoms with van der Waals surface area (Å²) in [5.74, 6) is -0.362. The van der Waals surface area contributed by atoms with Crippen molar-refractivity contribution in [2.24, 2.45) is 5.73 Å². The van der Waals surface area contributed by atoms with E-state index in [1.54, 1.807) is 24.3 Å². The molecule has 0 aromatic heterocycles. The van der Waals surface area contributed by atoms with Gasteiger partial charge in [-0.25, -0.2) is 8.42 Å². The smallest absolute Gasteiger partial charge is 0.266 e. The summed E-state index contributed by atoms with van der Waals surface area (Å²) in [4.78, 5) is 11.4. The molecule has 150 valence electrons. The van der Waals surface area contributed by atoms with Crippen molar-refractivity contribution in [3.8, 4) is 5.75 Å². The molecule has 0 atom stereocenters. The van der Waals surface area contributed by atoms with Crippen LogP contribution in [0.2, 0.25) is 5.02 Å². The Balaban J connectivity index is 2.20. The highest BCUT2D eigenvalue weighted by Crippen LogP contribution is 2.35. The van der Waals surface area contributed by atoms with Crippen LogP contribution >= 0.6 is 11.6 Å². The van der Waals surface area contributed by atoms with Gasteiger partial charge >= 0.3 is 0 Å². The van der Waals surface area contributed by atoms with Crippen LogP contribution in [0.15, 0.2) is 77.7 Å². The van der Waals surface area contributed by atoms with E-state index in [4.69, 9.17) is 22.1 Å². The van der Waals surface area contributed by atoms with E-state index in [0.29, 0.717) is 11.4 Å². The van der Waals surface area contributed by atoms with Crippen LogP contribution in [0, 0.1) is 0 Å². The second kappa shape index (κ2) is 8.55. The van der Waals surface area contributed by atoms with E-state index >= 15 is 0 Å². The van der Waals surface area contributed by atoms with Crippen LogP contribution in [0.4, 0.5) is 5.69 Å². The zero-order valence-corrected chi connectivity index (χ0v) is 17.2. The van der Waals surface area contributed by atoms with Gasteiger partial charge in [0, 0.05) is 5.56 Å². The number of hydrogen-bond donors (Lipinski definition) is 1. The molecule has 8 heteroatoms. The van der Waals surface area contributed by atoms with Crippen molar-refractivity contribution in [1.82, 2.24) is 0 Å². The number of anilines is 1. The summed E-state index contributed by atoms with van der Waals surface area (Å²) in [5, 5.41) is -0.0111. The molecule has 0 unspecified atom stereocenters. The molecule has 0 saturated heterocycles. The van der Waals surface area contributed by atoms with E-state index in [0.717, 1.165) is 5.56 Å². The molecule has 0 aliphatic carbocycles. The number of ether oxygens (including phenoxy) is 1. The van der Waals surface area contributed by atoms with E-state index in [1.807, 2.05) is 30.3 Å². The lowest BCUT2D eigenvalue weighted by Gasteiger charge is -2.26. The summed E-state index contributed by atoms with van der Waals surface area (Å²) in [6.07, 6.45) is 0. The van der Waals surface area contributed by atoms with Crippen molar-refractivity contribution in [3.63, 3.8) is 0 Å². The molecule has 0 saturated carbocycles. The van der Waals surface area contributed by atoms with Crippen LogP contribution in [-0.4, -0.2) is 21.4 Å². The molecule has 0 radical (unpaired) electrons. The highest BCUT2D eigenvalue weighted by atomic mass is 35.5. The molecule has 2 N–H and O–H groups in total. The zero-order chi connectivity index (χ0) is 21.0. The number of halogens is 1. The number of primary amides is 1. The second-order valence-corrected chi connectivity index (χ2v) is 8.42. The van der Waals surface area contributed by atoms with E-state index in [1.165, 1.54) is 29.6 Å². The average molecular weight is 431 g/mol. The van der Waals surface area contributed by atoms with Gasteiger partial charge in [0.05, 0.1) is 24.4 Å². The number of carbonyl (C=O) groups excluding carboxylic acids is 1. The Morgan fingerprint density at radius 1 is 1.03 bits per heavy atom. The molecule has 1 amide bonds. The number of carbonyl (C=O) groups is 1. The van der Waals surface area contributed by atoms with Crippen LogP contribution in [0.5, 0.6) is 5.75 Å². The second-order valence-electron chi connectivity index (χ2n) is 6.18. The highest BCUT2D eigenvalue weighted by molar-refractivity contribution is 7.93. The maximum atomic E-state index is 13.6. The molecule has 29 heavy (non-hydrogen) atoms. The molecule has 0 heterocycles. The Hall–Kier alpha value is -3.03. The van der Waals surface area contributed by atoms with Crippen LogP contribution in [0.1, 0.15) is 15.9 Å². The van der Waals surface area contributed by atoms with Gasteiger partial charge in [0.2, 0.25) is 5.91 Å². The SMILES string of the molecule is COc1ccccc1N(Cc1ccccc1)S(=O)(=O)c1cc(C(N)=O)ccc1Cl. The fourth-order valence-corrected chi connectivity index (χ4v) is 4.82.